The van der Waals surface area contributed by atoms with Gasteiger partial charge in [0.2, 0.25) is 5.95 Å². The molecule has 1 aliphatic heterocycles. The third kappa shape index (κ3) is 5.38. The molecule has 7 nitrogen and oxygen atoms in total. The second-order valence-corrected chi connectivity index (χ2v) is 5.86. The Morgan fingerprint density at radius 3 is 2.60 bits per heavy atom. The number of hydrogen-bond acceptors (Lipinski definition) is 7. The fourth-order valence-corrected chi connectivity index (χ4v) is 2.71. The lowest BCUT2D eigenvalue weighted by Gasteiger charge is -2.26. The van der Waals surface area contributed by atoms with Gasteiger partial charge in [0.15, 0.2) is 0 Å². The molecule has 3 N–H and O–H groups in total. The van der Waals surface area contributed by atoms with Gasteiger partial charge >= 0.3 is 0 Å². The molecular formula is C18H25N5O2. The average Bonchev–Trinajstić information content (AvgIpc) is 2.68. The van der Waals surface area contributed by atoms with Crippen molar-refractivity contribution in [3.8, 4) is 11.3 Å². The number of nitrogens with one attached hydrogen (secondary N) is 2. The smallest absolute Gasteiger partial charge is 0.225 e. The minimum Gasteiger partial charge on any atom is -0.395 e. The highest BCUT2D eigenvalue weighted by Crippen LogP contribution is 2.21. The Balaban J connectivity index is 1.68. The fraction of sp³-hybridized carbons (Fsp3) is 0.444. The van der Waals surface area contributed by atoms with Crippen molar-refractivity contribution in [2.24, 2.45) is 0 Å². The van der Waals surface area contributed by atoms with E-state index in [9.17, 15) is 0 Å². The number of anilines is 2. The second-order valence-electron chi connectivity index (χ2n) is 5.86. The average molecular weight is 343 g/mol. The van der Waals surface area contributed by atoms with E-state index in [-0.39, 0.29) is 6.61 Å². The molecule has 0 amide bonds. The van der Waals surface area contributed by atoms with Crippen LogP contribution in [-0.2, 0) is 4.74 Å². The number of aliphatic hydroxyl groups excluding tert-OH is 1. The van der Waals surface area contributed by atoms with Crippen molar-refractivity contribution in [2.75, 3.05) is 63.2 Å². The SMILES string of the molecule is OCCNc1nc(NCCN2CCOCC2)cc(-c2ccccc2)n1. The van der Waals surface area contributed by atoms with Gasteiger partial charge in [-0.05, 0) is 0 Å². The van der Waals surface area contributed by atoms with E-state index in [1.165, 1.54) is 0 Å². The number of rotatable bonds is 8. The zero-order valence-corrected chi connectivity index (χ0v) is 14.3. The van der Waals surface area contributed by atoms with Crippen molar-refractivity contribution in [3.63, 3.8) is 0 Å². The van der Waals surface area contributed by atoms with Gasteiger partial charge in [-0.25, -0.2) is 4.98 Å². The molecule has 0 aliphatic carbocycles. The zero-order valence-electron chi connectivity index (χ0n) is 14.3. The lowest BCUT2D eigenvalue weighted by atomic mass is 10.1. The van der Waals surface area contributed by atoms with Crippen LogP contribution >= 0.6 is 0 Å². The quantitative estimate of drug-likeness (QED) is 0.666. The molecule has 1 aliphatic rings. The number of morpholine rings is 1. The van der Waals surface area contributed by atoms with Gasteiger partial charge in [-0.15, -0.1) is 0 Å². The first-order valence-corrected chi connectivity index (χ1v) is 8.68. The van der Waals surface area contributed by atoms with Crippen LogP contribution in [0, 0.1) is 0 Å². The van der Waals surface area contributed by atoms with Crippen molar-refractivity contribution >= 4 is 11.8 Å². The Bertz CT molecular complexity index is 647. The Hall–Kier alpha value is -2.22. The first kappa shape index (κ1) is 17.6. The largest absolute Gasteiger partial charge is 0.395 e. The first-order chi connectivity index (χ1) is 12.3. The molecule has 2 heterocycles. The molecule has 134 valence electrons. The summed E-state index contributed by atoms with van der Waals surface area (Å²) < 4.78 is 5.37. The van der Waals surface area contributed by atoms with Gasteiger partial charge in [-0.1, -0.05) is 30.3 Å². The molecule has 0 unspecified atom stereocenters. The van der Waals surface area contributed by atoms with Gasteiger partial charge < -0.3 is 20.5 Å². The lowest BCUT2D eigenvalue weighted by molar-refractivity contribution is 0.0398. The molecule has 0 bridgehead atoms. The van der Waals surface area contributed by atoms with Crippen LogP contribution in [-0.4, -0.2) is 72.5 Å². The number of nitrogens with zero attached hydrogens (tertiary/aromatic N) is 3. The summed E-state index contributed by atoms with van der Waals surface area (Å²) in [5, 5.41) is 15.4. The summed E-state index contributed by atoms with van der Waals surface area (Å²) in [5.41, 5.74) is 1.89. The van der Waals surface area contributed by atoms with E-state index >= 15 is 0 Å². The zero-order chi connectivity index (χ0) is 17.3. The Kier molecular flexibility index (Phi) is 6.55. The molecule has 0 radical (unpaired) electrons. The van der Waals surface area contributed by atoms with Gasteiger partial charge in [0.25, 0.3) is 0 Å². The summed E-state index contributed by atoms with van der Waals surface area (Å²) in [6.07, 6.45) is 0. The lowest BCUT2D eigenvalue weighted by Crippen LogP contribution is -2.39. The van der Waals surface area contributed by atoms with Crippen LogP contribution < -0.4 is 10.6 Å². The molecule has 0 atom stereocenters. The van der Waals surface area contributed by atoms with Crippen LogP contribution in [0.2, 0.25) is 0 Å². The minimum atomic E-state index is 0.0404. The van der Waals surface area contributed by atoms with Crippen molar-refractivity contribution in [2.45, 2.75) is 0 Å². The fourth-order valence-electron chi connectivity index (χ4n) is 2.71. The van der Waals surface area contributed by atoms with Crippen molar-refractivity contribution in [1.82, 2.24) is 14.9 Å². The molecule has 25 heavy (non-hydrogen) atoms. The maximum atomic E-state index is 9.02. The van der Waals surface area contributed by atoms with E-state index in [1.807, 2.05) is 36.4 Å². The van der Waals surface area contributed by atoms with E-state index in [0.717, 1.165) is 56.5 Å². The number of aliphatic hydroxyl groups is 1. The van der Waals surface area contributed by atoms with Crippen LogP contribution in [0.25, 0.3) is 11.3 Å². The standard InChI is InChI=1S/C18H25N5O2/c24-11-7-20-18-21-16(15-4-2-1-3-5-15)14-17(22-18)19-6-8-23-9-12-25-13-10-23/h1-5,14,24H,6-13H2,(H2,19,20,21,22). The monoisotopic (exact) mass is 343 g/mol. The summed E-state index contributed by atoms with van der Waals surface area (Å²) in [5.74, 6) is 1.30. The van der Waals surface area contributed by atoms with Crippen LogP contribution in [0.3, 0.4) is 0 Å². The molecule has 0 spiro atoms. The topological polar surface area (TPSA) is 82.5 Å². The molecule has 1 saturated heterocycles. The number of hydrogen-bond donors (Lipinski definition) is 3. The van der Waals surface area contributed by atoms with E-state index in [4.69, 9.17) is 9.84 Å². The number of aromatic nitrogens is 2. The minimum absolute atomic E-state index is 0.0404. The second kappa shape index (κ2) is 9.31. The predicted molar refractivity (Wildman–Crippen MR) is 98.8 cm³/mol. The van der Waals surface area contributed by atoms with E-state index in [0.29, 0.717) is 12.5 Å². The summed E-state index contributed by atoms with van der Waals surface area (Å²) in [4.78, 5) is 11.4. The van der Waals surface area contributed by atoms with Crippen LogP contribution in [0.5, 0.6) is 0 Å². The molecule has 1 aromatic heterocycles. The van der Waals surface area contributed by atoms with Crippen LogP contribution in [0.4, 0.5) is 11.8 Å². The summed E-state index contributed by atoms with van der Waals surface area (Å²) in [6.45, 7) is 5.79. The highest BCUT2D eigenvalue weighted by atomic mass is 16.5. The van der Waals surface area contributed by atoms with Crippen molar-refractivity contribution in [3.05, 3.63) is 36.4 Å². The molecule has 7 heteroatoms. The Morgan fingerprint density at radius 2 is 1.84 bits per heavy atom. The first-order valence-electron chi connectivity index (χ1n) is 8.68. The van der Waals surface area contributed by atoms with Gasteiger partial charge in [-0.3, -0.25) is 4.90 Å². The van der Waals surface area contributed by atoms with Gasteiger partial charge in [0.05, 0.1) is 25.5 Å². The molecule has 1 aromatic carbocycles. The van der Waals surface area contributed by atoms with Gasteiger partial charge in [0, 0.05) is 44.4 Å². The van der Waals surface area contributed by atoms with Gasteiger partial charge in [-0.2, -0.15) is 4.98 Å². The third-order valence-electron chi connectivity index (χ3n) is 4.03. The van der Waals surface area contributed by atoms with Gasteiger partial charge in [0.1, 0.15) is 5.82 Å². The Morgan fingerprint density at radius 1 is 1.04 bits per heavy atom. The van der Waals surface area contributed by atoms with Crippen molar-refractivity contribution < 1.29 is 9.84 Å². The van der Waals surface area contributed by atoms with Crippen molar-refractivity contribution in [1.29, 1.82) is 0 Å². The highest BCUT2D eigenvalue weighted by molar-refractivity contribution is 5.64. The third-order valence-corrected chi connectivity index (χ3v) is 4.03. The molecule has 3 rings (SSSR count). The molecular weight excluding hydrogens is 318 g/mol. The van der Waals surface area contributed by atoms with E-state index < -0.39 is 0 Å². The number of benzene rings is 1. The highest BCUT2D eigenvalue weighted by Gasteiger charge is 2.10. The maximum absolute atomic E-state index is 9.02. The summed E-state index contributed by atoms with van der Waals surface area (Å²) in [6, 6.07) is 12.0. The summed E-state index contributed by atoms with van der Waals surface area (Å²) in [7, 11) is 0. The Labute approximate surface area is 148 Å². The normalized spacial score (nSPS) is 15.1. The maximum Gasteiger partial charge on any atom is 0.225 e. The van der Waals surface area contributed by atoms with Crippen LogP contribution in [0.1, 0.15) is 0 Å². The van der Waals surface area contributed by atoms with E-state index in [1.54, 1.807) is 0 Å². The molecule has 2 aromatic rings. The summed E-state index contributed by atoms with van der Waals surface area (Å²) >= 11 is 0. The molecule has 1 fully saturated rings. The van der Waals surface area contributed by atoms with Crippen LogP contribution in [0.15, 0.2) is 36.4 Å². The molecule has 0 saturated carbocycles. The van der Waals surface area contributed by atoms with E-state index in [2.05, 4.69) is 25.5 Å². The number of ether oxygens (including phenoxy) is 1. The predicted octanol–water partition coefficient (Wildman–Crippen LogP) is 1.29.